The van der Waals surface area contributed by atoms with E-state index in [2.05, 4.69) is 15.9 Å². The Morgan fingerprint density at radius 1 is 1.41 bits per heavy atom. The molecule has 0 aliphatic heterocycles. The molecule has 2 rings (SSSR count). The second-order valence-corrected chi connectivity index (χ2v) is 5.39. The molecule has 0 radical (unpaired) electrons. The second-order valence-electron chi connectivity index (χ2n) is 4.47. The summed E-state index contributed by atoms with van der Waals surface area (Å²) in [6.07, 6.45) is 3.82. The monoisotopic (exact) mass is 298 g/mol. The van der Waals surface area contributed by atoms with Gasteiger partial charge in [0.1, 0.15) is 5.75 Å². The highest BCUT2D eigenvalue weighted by Gasteiger charge is 2.18. The smallest absolute Gasteiger partial charge is 0.307 e. The Morgan fingerprint density at radius 2 is 2.18 bits per heavy atom. The number of carbonyl (C=O) groups is 1. The highest BCUT2D eigenvalue weighted by atomic mass is 79.9. The summed E-state index contributed by atoms with van der Waals surface area (Å²) in [6.45, 7) is 0.739. The largest absolute Gasteiger partial charge is 0.493 e. The molecule has 1 saturated carbocycles. The Morgan fingerprint density at radius 3 is 2.76 bits per heavy atom. The Bertz CT molecular complexity index is 413. The number of benzene rings is 1. The first-order valence-corrected chi connectivity index (χ1v) is 6.57. The number of carboxylic acid groups (broad SMARTS) is 1. The molecule has 1 aliphatic rings. The van der Waals surface area contributed by atoms with E-state index in [-0.39, 0.29) is 6.42 Å². The van der Waals surface area contributed by atoms with Crippen LogP contribution in [0.2, 0.25) is 0 Å². The van der Waals surface area contributed by atoms with Gasteiger partial charge < -0.3 is 9.84 Å². The van der Waals surface area contributed by atoms with Crippen LogP contribution in [0.25, 0.3) is 0 Å². The fourth-order valence-electron chi connectivity index (χ4n) is 1.85. The van der Waals surface area contributed by atoms with Gasteiger partial charge in [0.05, 0.1) is 13.0 Å². The van der Waals surface area contributed by atoms with Crippen LogP contribution in [-0.4, -0.2) is 17.7 Å². The van der Waals surface area contributed by atoms with Crippen molar-refractivity contribution in [2.24, 2.45) is 5.92 Å². The molecule has 0 spiro atoms. The molecule has 0 amide bonds. The van der Waals surface area contributed by atoms with Gasteiger partial charge in [0.25, 0.3) is 0 Å². The lowest BCUT2D eigenvalue weighted by Crippen LogP contribution is -2.19. The summed E-state index contributed by atoms with van der Waals surface area (Å²) < 4.78 is 6.55. The van der Waals surface area contributed by atoms with Crippen LogP contribution in [-0.2, 0) is 11.2 Å². The van der Waals surface area contributed by atoms with Crippen LogP contribution in [0.3, 0.4) is 0 Å². The van der Waals surface area contributed by atoms with Crippen molar-refractivity contribution in [2.45, 2.75) is 25.7 Å². The second kappa shape index (κ2) is 5.54. The quantitative estimate of drug-likeness (QED) is 0.907. The Hall–Kier alpha value is -1.03. The van der Waals surface area contributed by atoms with Gasteiger partial charge in [-0.3, -0.25) is 4.79 Å². The number of ether oxygens (including phenoxy) is 1. The molecule has 0 bridgehead atoms. The lowest BCUT2D eigenvalue weighted by molar-refractivity contribution is -0.136. The first-order valence-electron chi connectivity index (χ1n) is 5.77. The zero-order valence-corrected chi connectivity index (χ0v) is 11.1. The van der Waals surface area contributed by atoms with Gasteiger partial charge in [0.2, 0.25) is 0 Å². The van der Waals surface area contributed by atoms with E-state index in [1.165, 1.54) is 19.3 Å². The average Bonchev–Trinajstić information content (AvgIpc) is 2.12. The lowest BCUT2D eigenvalue weighted by atomic mass is 9.86. The molecule has 17 heavy (non-hydrogen) atoms. The number of hydrogen-bond donors (Lipinski definition) is 1. The van der Waals surface area contributed by atoms with Crippen molar-refractivity contribution in [1.82, 2.24) is 0 Å². The van der Waals surface area contributed by atoms with Crippen LogP contribution in [0.15, 0.2) is 22.7 Å². The summed E-state index contributed by atoms with van der Waals surface area (Å²) in [4.78, 5) is 10.7. The topological polar surface area (TPSA) is 46.5 Å². The minimum atomic E-state index is -0.826. The van der Waals surface area contributed by atoms with Gasteiger partial charge in [-0.2, -0.15) is 0 Å². The van der Waals surface area contributed by atoms with Crippen molar-refractivity contribution in [3.05, 3.63) is 28.2 Å². The summed E-state index contributed by atoms with van der Waals surface area (Å²) >= 11 is 3.37. The molecule has 1 fully saturated rings. The molecule has 1 N–H and O–H groups in total. The van der Waals surface area contributed by atoms with Gasteiger partial charge in [-0.1, -0.05) is 22.4 Å². The van der Waals surface area contributed by atoms with Crippen molar-refractivity contribution < 1.29 is 14.6 Å². The standard InChI is InChI=1S/C13H15BrO3/c14-11-4-10(6-13(15)16)5-12(7-11)17-8-9-2-1-3-9/h4-5,7,9H,1-3,6,8H2,(H,15,16). The van der Waals surface area contributed by atoms with E-state index in [1.54, 1.807) is 6.07 Å². The van der Waals surface area contributed by atoms with E-state index in [1.807, 2.05) is 12.1 Å². The first kappa shape index (κ1) is 12.4. The summed E-state index contributed by atoms with van der Waals surface area (Å²) in [7, 11) is 0. The van der Waals surface area contributed by atoms with Gasteiger partial charge in [0, 0.05) is 4.47 Å². The summed E-state index contributed by atoms with van der Waals surface area (Å²) in [5, 5.41) is 8.76. The van der Waals surface area contributed by atoms with Crippen molar-refractivity contribution in [2.75, 3.05) is 6.61 Å². The SMILES string of the molecule is O=C(O)Cc1cc(Br)cc(OCC2CCC2)c1. The van der Waals surface area contributed by atoms with Crippen molar-refractivity contribution in [3.63, 3.8) is 0 Å². The molecule has 3 nitrogen and oxygen atoms in total. The maximum absolute atomic E-state index is 10.7. The molecular formula is C13H15BrO3. The van der Waals surface area contributed by atoms with Gasteiger partial charge in [-0.05, 0) is 42.5 Å². The molecule has 0 heterocycles. The maximum Gasteiger partial charge on any atom is 0.307 e. The van der Waals surface area contributed by atoms with Crippen LogP contribution in [0.4, 0.5) is 0 Å². The van der Waals surface area contributed by atoms with Crippen LogP contribution in [0, 0.1) is 5.92 Å². The Balaban J connectivity index is 1.99. The Labute approximate surface area is 109 Å². The normalized spacial score (nSPS) is 15.4. The number of hydrogen-bond acceptors (Lipinski definition) is 2. The minimum Gasteiger partial charge on any atom is -0.493 e. The predicted molar refractivity (Wildman–Crippen MR) is 68.3 cm³/mol. The molecule has 0 saturated heterocycles. The van der Waals surface area contributed by atoms with Crippen molar-refractivity contribution in [3.8, 4) is 5.75 Å². The molecule has 1 aromatic carbocycles. The van der Waals surface area contributed by atoms with E-state index in [9.17, 15) is 4.79 Å². The molecule has 0 aromatic heterocycles. The van der Waals surface area contributed by atoms with Gasteiger partial charge >= 0.3 is 5.97 Å². The summed E-state index contributed by atoms with van der Waals surface area (Å²) in [5.74, 6) is 0.604. The van der Waals surface area contributed by atoms with Crippen molar-refractivity contribution >= 4 is 21.9 Å². The summed E-state index contributed by atoms with van der Waals surface area (Å²) in [5.41, 5.74) is 0.760. The zero-order valence-electron chi connectivity index (χ0n) is 9.49. The zero-order chi connectivity index (χ0) is 12.3. The Kier molecular flexibility index (Phi) is 4.05. The van der Waals surface area contributed by atoms with Crippen molar-refractivity contribution in [1.29, 1.82) is 0 Å². The third-order valence-electron chi connectivity index (χ3n) is 3.00. The first-order chi connectivity index (χ1) is 8.13. The lowest BCUT2D eigenvalue weighted by Gasteiger charge is -2.25. The fraction of sp³-hybridized carbons (Fsp3) is 0.462. The number of aliphatic carboxylic acids is 1. The predicted octanol–water partition coefficient (Wildman–Crippen LogP) is 3.26. The fourth-order valence-corrected chi connectivity index (χ4v) is 2.37. The number of halogens is 1. The van der Waals surface area contributed by atoms with Crippen LogP contribution < -0.4 is 4.74 Å². The number of carboxylic acids is 1. The highest BCUT2D eigenvalue weighted by Crippen LogP contribution is 2.28. The third kappa shape index (κ3) is 3.73. The average molecular weight is 299 g/mol. The van der Waals surface area contributed by atoms with Crippen LogP contribution >= 0.6 is 15.9 Å². The van der Waals surface area contributed by atoms with E-state index in [0.29, 0.717) is 5.92 Å². The van der Waals surface area contributed by atoms with Crippen LogP contribution in [0.5, 0.6) is 5.75 Å². The van der Waals surface area contributed by atoms with Gasteiger partial charge in [-0.15, -0.1) is 0 Å². The van der Waals surface area contributed by atoms with E-state index < -0.39 is 5.97 Å². The molecule has 0 atom stereocenters. The van der Waals surface area contributed by atoms with Gasteiger partial charge in [-0.25, -0.2) is 0 Å². The highest BCUT2D eigenvalue weighted by molar-refractivity contribution is 9.10. The third-order valence-corrected chi connectivity index (χ3v) is 3.45. The molecular weight excluding hydrogens is 284 g/mol. The molecule has 1 aliphatic carbocycles. The van der Waals surface area contributed by atoms with Crippen LogP contribution in [0.1, 0.15) is 24.8 Å². The van der Waals surface area contributed by atoms with E-state index in [0.717, 1.165) is 22.4 Å². The number of rotatable bonds is 5. The molecule has 4 heteroatoms. The van der Waals surface area contributed by atoms with E-state index in [4.69, 9.17) is 9.84 Å². The maximum atomic E-state index is 10.7. The van der Waals surface area contributed by atoms with E-state index >= 15 is 0 Å². The van der Waals surface area contributed by atoms with Gasteiger partial charge in [0.15, 0.2) is 0 Å². The summed E-state index contributed by atoms with van der Waals surface area (Å²) in [6, 6.07) is 5.49. The molecule has 92 valence electrons. The molecule has 1 aromatic rings. The molecule has 0 unspecified atom stereocenters. The minimum absolute atomic E-state index is 0.0270.